The molecule has 0 atom stereocenters. The third-order valence-corrected chi connectivity index (χ3v) is 1.92. The van der Waals surface area contributed by atoms with Gasteiger partial charge < -0.3 is 5.11 Å². The SMILES string of the molecule is Cc1c(O)cc(Br)cc1C#N. The lowest BCUT2D eigenvalue weighted by Crippen LogP contribution is -1.82. The first-order valence-electron chi connectivity index (χ1n) is 3.04. The van der Waals surface area contributed by atoms with Gasteiger partial charge in [0.25, 0.3) is 0 Å². The molecule has 0 aliphatic carbocycles. The molecule has 0 amide bonds. The maximum absolute atomic E-state index is 9.23. The van der Waals surface area contributed by atoms with E-state index >= 15 is 0 Å². The molecule has 0 fully saturated rings. The van der Waals surface area contributed by atoms with Crippen molar-refractivity contribution in [2.75, 3.05) is 0 Å². The zero-order valence-electron chi connectivity index (χ0n) is 5.93. The Morgan fingerprint density at radius 3 is 2.73 bits per heavy atom. The largest absolute Gasteiger partial charge is 0.508 e. The van der Waals surface area contributed by atoms with E-state index in [-0.39, 0.29) is 5.75 Å². The highest BCUT2D eigenvalue weighted by Crippen LogP contribution is 2.24. The summed E-state index contributed by atoms with van der Waals surface area (Å²) in [5.41, 5.74) is 1.12. The van der Waals surface area contributed by atoms with Gasteiger partial charge in [0.2, 0.25) is 0 Å². The number of phenols is 1. The molecule has 1 aromatic carbocycles. The van der Waals surface area contributed by atoms with Gasteiger partial charge in [0.05, 0.1) is 11.6 Å². The molecule has 1 N–H and O–H groups in total. The number of hydrogen-bond donors (Lipinski definition) is 1. The van der Waals surface area contributed by atoms with Crippen LogP contribution in [0.5, 0.6) is 5.75 Å². The fourth-order valence-corrected chi connectivity index (χ4v) is 1.23. The lowest BCUT2D eigenvalue weighted by Gasteiger charge is -2.00. The highest BCUT2D eigenvalue weighted by molar-refractivity contribution is 9.10. The van der Waals surface area contributed by atoms with Crippen LogP contribution in [0.15, 0.2) is 16.6 Å². The van der Waals surface area contributed by atoms with Crippen molar-refractivity contribution >= 4 is 15.9 Å². The lowest BCUT2D eigenvalue weighted by molar-refractivity contribution is 0.470. The quantitative estimate of drug-likeness (QED) is 0.717. The fraction of sp³-hybridized carbons (Fsp3) is 0.125. The predicted octanol–water partition coefficient (Wildman–Crippen LogP) is 2.33. The summed E-state index contributed by atoms with van der Waals surface area (Å²) < 4.78 is 0.720. The molecule has 0 bridgehead atoms. The second-order valence-electron chi connectivity index (χ2n) is 2.21. The highest BCUT2D eigenvalue weighted by atomic mass is 79.9. The Morgan fingerprint density at radius 2 is 2.18 bits per heavy atom. The van der Waals surface area contributed by atoms with Gasteiger partial charge in [0.15, 0.2) is 0 Å². The number of aromatic hydroxyl groups is 1. The third kappa shape index (κ3) is 1.52. The second-order valence-corrected chi connectivity index (χ2v) is 3.12. The van der Waals surface area contributed by atoms with Gasteiger partial charge in [0, 0.05) is 10.0 Å². The fourth-order valence-electron chi connectivity index (χ4n) is 0.781. The van der Waals surface area contributed by atoms with E-state index in [1.807, 2.05) is 6.07 Å². The molecule has 0 spiro atoms. The van der Waals surface area contributed by atoms with Crippen molar-refractivity contribution < 1.29 is 5.11 Å². The summed E-state index contributed by atoms with van der Waals surface area (Å²) in [7, 11) is 0. The van der Waals surface area contributed by atoms with Crippen LogP contribution in [0.4, 0.5) is 0 Å². The van der Waals surface area contributed by atoms with Crippen molar-refractivity contribution in [3.05, 3.63) is 27.7 Å². The molecule has 3 heteroatoms. The average Bonchev–Trinajstić information content (AvgIpc) is 1.96. The molecule has 2 nitrogen and oxygen atoms in total. The summed E-state index contributed by atoms with van der Waals surface area (Å²) in [4.78, 5) is 0. The summed E-state index contributed by atoms with van der Waals surface area (Å²) in [6.07, 6.45) is 0. The minimum atomic E-state index is 0.149. The van der Waals surface area contributed by atoms with E-state index in [1.54, 1.807) is 19.1 Å². The summed E-state index contributed by atoms with van der Waals surface area (Å²) in [6.45, 7) is 1.71. The normalized spacial score (nSPS) is 9.18. The number of nitriles is 1. The van der Waals surface area contributed by atoms with Gasteiger partial charge in [-0.25, -0.2) is 0 Å². The summed E-state index contributed by atoms with van der Waals surface area (Å²) in [5, 5.41) is 17.8. The van der Waals surface area contributed by atoms with E-state index in [4.69, 9.17) is 5.26 Å². The topological polar surface area (TPSA) is 44.0 Å². The molecule has 0 unspecified atom stereocenters. The number of benzene rings is 1. The highest BCUT2D eigenvalue weighted by Gasteiger charge is 2.03. The molecule has 56 valence electrons. The third-order valence-electron chi connectivity index (χ3n) is 1.47. The van der Waals surface area contributed by atoms with Crippen molar-refractivity contribution in [3.8, 4) is 11.8 Å². The second kappa shape index (κ2) is 2.93. The Kier molecular flexibility index (Phi) is 2.16. The van der Waals surface area contributed by atoms with Crippen LogP contribution in [0.1, 0.15) is 11.1 Å². The van der Waals surface area contributed by atoms with Crippen molar-refractivity contribution in [3.63, 3.8) is 0 Å². The zero-order chi connectivity index (χ0) is 8.43. The zero-order valence-corrected chi connectivity index (χ0v) is 7.51. The smallest absolute Gasteiger partial charge is 0.120 e. The molecule has 0 heterocycles. The van der Waals surface area contributed by atoms with Gasteiger partial charge in [-0.2, -0.15) is 5.26 Å². The van der Waals surface area contributed by atoms with E-state index in [2.05, 4.69) is 15.9 Å². The Morgan fingerprint density at radius 1 is 1.55 bits per heavy atom. The van der Waals surface area contributed by atoms with Gasteiger partial charge in [-0.3, -0.25) is 0 Å². The number of rotatable bonds is 0. The Hall–Kier alpha value is -1.01. The van der Waals surface area contributed by atoms with Crippen molar-refractivity contribution in [1.29, 1.82) is 5.26 Å². The van der Waals surface area contributed by atoms with E-state index in [0.29, 0.717) is 11.1 Å². The van der Waals surface area contributed by atoms with Crippen LogP contribution in [0.2, 0.25) is 0 Å². The average molecular weight is 212 g/mol. The first-order valence-corrected chi connectivity index (χ1v) is 3.83. The Labute approximate surface area is 73.2 Å². The van der Waals surface area contributed by atoms with Crippen molar-refractivity contribution in [2.24, 2.45) is 0 Å². The predicted molar refractivity (Wildman–Crippen MR) is 45.3 cm³/mol. The molecular weight excluding hydrogens is 206 g/mol. The minimum absolute atomic E-state index is 0.149. The molecule has 1 aromatic rings. The van der Waals surface area contributed by atoms with Gasteiger partial charge in [-0.05, 0) is 19.1 Å². The van der Waals surface area contributed by atoms with Crippen LogP contribution in [0.3, 0.4) is 0 Å². The van der Waals surface area contributed by atoms with Crippen LogP contribution in [0.25, 0.3) is 0 Å². The van der Waals surface area contributed by atoms with Gasteiger partial charge >= 0.3 is 0 Å². The van der Waals surface area contributed by atoms with Crippen LogP contribution in [-0.4, -0.2) is 5.11 Å². The Bertz CT molecular complexity index is 328. The monoisotopic (exact) mass is 211 g/mol. The summed E-state index contributed by atoms with van der Waals surface area (Å²) >= 11 is 3.18. The van der Waals surface area contributed by atoms with Gasteiger partial charge in [-0.15, -0.1) is 0 Å². The number of nitrogens with zero attached hydrogens (tertiary/aromatic N) is 1. The maximum Gasteiger partial charge on any atom is 0.120 e. The van der Waals surface area contributed by atoms with Crippen LogP contribution in [0, 0.1) is 18.3 Å². The van der Waals surface area contributed by atoms with Crippen molar-refractivity contribution in [1.82, 2.24) is 0 Å². The molecule has 0 aromatic heterocycles. The molecule has 0 radical (unpaired) electrons. The van der Waals surface area contributed by atoms with Crippen LogP contribution < -0.4 is 0 Å². The van der Waals surface area contributed by atoms with Crippen LogP contribution in [-0.2, 0) is 0 Å². The maximum atomic E-state index is 9.23. The number of hydrogen-bond acceptors (Lipinski definition) is 2. The molecule has 0 saturated heterocycles. The van der Waals surface area contributed by atoms with Gasteiger partial charge in [0.1, 0.15) is 5.75 Å². The lowest BCUT2D eigenvalue weighted by atomic mass is 10.1. The van der Waals surface area contributed by atoms with E-state index in [0.717, 1.165) is 4.47 Å². The summed E-state index contributed by atoms with van der Waals surface area (Å²) in [6, 6.07) is 5.23. The van der Waals surface area contributed by atoms with E-state index < -0.39 is 0 Å². The molecule has 0 saturated carbocycles. The Balaban J connectivity index is 3.39. The first-order chi connectivity index (χ1) is 5.15. The number of phenolic OH excluding ortho intramolecular Hbond substituents is 1. The molecule has 11 heavy (non-hydrogen) atoms. The van der Waals surface area contributed by atoms with E-state index in [1.165, 1.54) is 0 Å². The molecule has 1 rings (SSSR count). The van der Waals surface area contributed by atoms with E-state index in [9.17, 15) is 5.11 Å². The van der Waals surface area contributed by atoms with Crippen LogP contribution >= 0.6 is 15.9 Å². The molecule has 0 aliphatic heterocycles. The van der Waals surface area contributed by atoms with Crippen molar-refractivity contribution in [2.45, 2.75) is 6.92 Å². The first kappa shape index (κ1) is 8.09. The molecular formula is C8H6BrNO. The minimum Gasteiger partial charge on any atom is -0.508 e. The molecule has 0 aliphatic rings. The number of halogens is 1. The summed E-state index contributed by atoms with van der Waals surface area (Å²) in [5.74, 6) is 0.149. The standard InChI is InChI=1S/C8H6BrNO/c1-5-6(4-10)2-7(9)3-8(5)11/h2-3,11H,1H3. The van der Waals surface area contributed by atoms with Gasteiger partial charge in [-0.1, -0.05) is 15.9 Å².